The number of non-ortho nitro benzene ring substituents is 1. The van der Waals surface area contributed by atoms with Crippen LogP contribution in [0.5, 0.6) is 5.75 Å². The van der Waals surface area contributed by atoms with Crippen LogP contribution >= 0.6 is 0 Å². The first kappa shape index (κ1) is 16.1. The highest BCUT2D eigenvalue weighted by Crippen LogP contribution is 2.20. The highest BCUT2D eigenvalue weighted by atomic mass is 32.2. The smallest absolute Gasteiger partial charge is 0.508 e. The van der Waals surface area contributed by atoms with E-state index in [0.29, 0.717) is 0 Å². The zero-order valence-corrected chi connectivity index (χ0v) is 9.14. The number of alkyl halides is 3. The molecule has 0 aliphatic carbocycles. The number of hydrogen-bond donors (Lipinski definition) is 2. The summed E-state index contributed by atoms with van der Waals surface area (Å²) >= 11 is 0. The highest BCUT2D eigenvalue weighted by Gasteiger charge is 2.44. The van der Waals surface area contributed by atoms with E-state index in [0.717, 1.165) is 0 Å². The minimum atomic E-state index is -5.84. The molecule has 0 saturated heterocycles. The van der Waals surface area contributed by atoms with Crippen LogP contribution in [0, 0.1) is 10.1 Å². The van der Waals surface area contributed by atoms with Gasteiger partial charge in [0, 0.05) is 12.1 Å². The van der Waals surface area contributed by atoms with Crippen molar-refractivity contribution in [2.24, 2.45) is 0 Å². The van der Waals surface area contributed by atoms with Gasteiger partial charge in [-0.3, -0.25) is 14.7 Å². The van der Waals surface area contributed by atoms with Crippen LogP contribution in [-0.2, 0) is 10.1 Å². The first-order chi connectivity index (χ1) is 7.95. The summed E-state index contributed by atoms with van der Waals surface area (Å²) < 4.78 is 57.5. The first-order valence-corrected chi connectivity index (χ1v) is 5.36. The summed E-state index contributed by atoms with van der Waals surface area (Å²) in [6, 6.07) is 5.04. The van der Waals surface area contributed by atoms with Gasteiger partial charge in [0.25, 0.3) is 5.69 Å². The van der Waals surface area contributed by atoms with Gasteiger partial charge in [-0.15, -0.1) is 0 Å². The van der Waals surface area contributed by atoms with Crippen molar-refractivity contribution in [3.05, 3.63) is 34.4 Å². The van der Waals surface area contributed by atoms with Crippen molar-refractivity contribution in [2.75, 3.05) is 0 Å². The zero-order chi connectivity index (χ0) is 14.6. The Morgan fingerprint density at radius 1 is 1.17 bits per heavy atom. The minimum Gasteiger partial charge on any atom is -0.508 e. The van der Waals surface area contributed by atoms with Crippen molar-refractivity contribution in [2.45, 2.75) is 5.51 Å². The maximum atomic E-state index is 10.7. The highest BCUT2D eigenvalue weighted by molar-refractivity contribution is 7.86. The lowest BCUT2D eigenvalue weighted by atomic mass is 10.3. The minimum absolute atomic E-state index is 0.0159. The van der Waals surface area contributed by atoms with E-state index in [-0.39, 0.29) is 11.4 Å². The van der Waals surface area contributed by atoms with Gasteiger partial charge in [0.1, 0.15) is 5.75 Å². The normalized spacial score (nSPS) is 11.3. The second-order valence-electron chi connectivity index (χ2n) is 2.69. The van der Waals surface area contributed by atoms with Crippen molar-refractivity contribution in [3.63, 3.8) is 0 Å². The maximum Gasteiger partial charge on any atom is 0.522 e. The summed E-state index contributed by atoms with van der Waals surface area (Å²) in [4.78, 5) is 9.52. The van der Waals surface area contributed by atoms with Crippen LogP contribution < -0.4 is 0 Å². The van der Waals surface area contributed by atoms with Crippen molar-refractivity contribution >= 4 is 15.8 Å². The van der Waals surface area contributed by atoms with Crippen LogP contribution in [0.4, 0.5) is 18.9 Å². The Morgan fingerprint density at radius 3 is 1.72 bits per heavy atom. The van der Waals surface area contributed by atoms with E-state index < -0.39 is 20.5 Å². The molecule has 7 nitrogen and oxygen atoms in total. The number of nitro benzene ring substituents is 1. The van der Waals surface area contributed by atoms with E-state index in [1.165, 1.54) is 24.3 Å². The van der Waals surface area contributed by atoms with Gasteiger partial charge in [-0.25, -0.2) is 0 Å². The van der Waals surface area contributed by atoms with Crippen LogP contribution in [0.25, 0.3) is 0 Å². The Balaban J connectivity index is 0.000000331. The van der Waals surface area contributed by atoms with Crippen LogP contribution in [0.1, 0.15) is 0 Å². The molecule has 102 valence electrons. The van der Waals surface area contributed by atoms with Crippen molar-refractivity contribution in [3.8, 4) is 5.75 Å². The third kappa shape index (κ3) is 5.45. The second-order valence-corrected chi connectivity index (χ2v) is 4.11. The molecule has 1 rings (SSSR count). The fraction of sp³-hybridized carbons (Fsp3) is 0.143. The van der Waals surface area contributed by atoms with E-state index in [1.807, 2.05) is 0 Å². The predicted molar refractivity (Wildman–Crippen MR) is 52.4 cm³/mol. The van der Waals surface area contributed by atoms with Gasteiger partial charge in [0.05, 0.1) is 4.92 Å². The molecule has 0 aliphatic heterocycles. The third-order valence-electron chi connectivity index (χ3n) is 1.35. The fourth-order valence-electron chi connectivity index (χ4n) is 0.574. The molecule has 11 heteroatoms. The molecule has 18 heavy (non-hydrogen) atoms. The summed E-state index contributed by atoms with van der Waals surface area (Å²) in [6.07, 6.45) is 0. The standard InChI is InChI=1S/C6H5NO3.CHF3O3S/c8-6-3-1-5(2-4-6)7(9)10;2-1(3,4)8(5,6)7/h1-4,8H;(H,5,6,7). The van der Waals surface area contributed by atoms with E-state index in [2.05, 4.69) is 0 Å². The number of phenolic OH excluding ortho intramolecular Hbond substituents is 1. The number of phenols is 1. The molecule has 0 saturated carbocycles. The predicted octanol–water partition coefficient (Wildman–Crippen LogP) is 1.69. The van der Waals surface area contributed by atoms with Crippen molar-refractivity contribution in [1.82, 2.24) is 0 Å². The molecule has 1 aromatic carbocycles. The quantitative estimate of drug-likeness (QED) is 0.351. The molecule has 1 aromatic rings. The number of rotatable bonds is 1. The number of nitrogens with zero attached hydrogens (tertiary/aromatic N) is 1. The maximum absolute atomic E-state index is 10.7. The van der Waals surface area contributed by atoms with Gasteiger partial charge in [-0.2, -0.15) is 21.6 Å². The average Bonchev–Trinajstić information content (AvgIpc) is 2.16. The summed E-state index contributed by atoms with van der Waals surface area (Å²) in [7, 11) is -5.84. The molecular formula is C7H6F3NO6S. The average molecular weight is 289 g/mol. The second kappa shape index (κ2) is 5.64. The number of benzene rings is 1. The first-order valence-electron chi connectivity index (χ1n) is 3.92. The summed E-state index contributed by atoms with van der Waals surface area (Å²) in [5, 5.41) is 18.8. The van der Waals surface area contributed by atoms with E-state index >= 15 is 0 Å². The number of aromatic hydroxyl groups is 1. The molecule has 0 radical (unpaired) electrons. The van der Waals surface area contributed by atoms with E-state index in [9.17, 15) is 23.3 Å². The molecular weight excluding hydrogens is 283 g/mol. The summed E-state index contributed by atoms with van der Waals surface area (Å²) in [5.74, 6) is 0.0330. The molecule has 0 unspecified atom stereocenters. The Bertz CT molecular complexity index is 509. The largest absolute Gasteiger partial charge is 0.522 e. The van der Waals surface area contributed by atoms with Gasteiger partial charge in [-0.05, 0) is 12.1 Å². The van der Waals surface area contributed by atoms with Gasteiger partial charge in [0.15, 0.2) is 0 Å². The van der Waals surface area contributed by atoms with Crippen LogP contribution in [0.2, 0.25) is 0 Å². The van der Waals surface area contributed by atoms with Crippen LogP contribution in [-0.4, -0.2) is 28.5 Å². The Hall–Kier alpha value is -1.88. The summed E-state index contributed by atoms with van der Waals surface area (Å²) in [6.45, 7) is 0. The third-order valence-corrected chi connectivity index (χ3v) is 1.94. The van der Waals surface area contributed by atoms with Gasteiger partial charge in [0.2, 0.25) is 0 Å². The van der Waals surface area contributed by atoms with Gasteiger partial charge in [-0.1, -0.05) is 0 Å². The molecule has 2 N–H and O–H groups in total. The van der Waals surface area contributed by atoms with E-state index in [1.54, 1.807) is 0 Å². The molecule has 0 amide bonds. The molecule has 0 bridgehead atoms. The molecule has 0 aromatic heterocycles. The topological polar surface area (TPSA) is 118 Å². The number of nitro groups is 1. The lowest BCUT2D eigenvalue weighted by molar-refractivity contribution is -0.384. The van der Waals surface area contributed by atoms with Crippen LogP contribution in [0.15, 0.2) is 24.3 Å². The van der Waals surface area contributed by atoms with Crippen molar-refractivity contribution in [1.29, 1.82) is 0 Å². The Morgan fingerprint density at radius 2 is 1.50 bits per heavy atom. The molecule has 0 atom stereocenters. The monoisotopic (exact) mass is 289 g/mol. The lowest BCUT2D eigenvalue weighted by Crippen LogP contribution is -2.21. The molecule has 0 spiro atoms. The van der Waals surface area contributed by atoms with Gasteiger partial charge >= 0.3 is 15.6 Å². The Labute approximate surface area is 98.4 Å². The summed E-state index contributed by atoms with van der Waals surface area (Å²) in [5.41, 5.74) is -5.55. The molecule has 0 fully saturated rings. The Kier molecular flexibility index (Phi) is 5.05. The lowest BCUT2D eigenvalue weighted by Gasteiger charge is -1.97. The zero-order valence-electron chi connectivity index (χ0n) is 8.33. The van der Waals surface area contributed by atoms with Crippen molar-refractivity contribution < 1.29 is 36.2 Å². The van der Waals surface area contributed by atoms with Gasteiger partial charge < -0.3 is 5.11 Å². The molecule has 0 heterocycles. The number of halogens is 3. The SMILES string of the molecule is O=S(=O)(O)C(F)(F)F.O=[N+]([O-])c1ccc(O)cc1. The fourth-order valence-corrected chi connectivity index (χ4v) is 0.574. The van der Waals surface area contributed by atoms with Crippen LogP contribution in [0.3, 0.4) is 0 Å². The van der Waals surface area contributed by atoms with E-state index in [4.69, 9.17) is 18.1 Å². The molecule has 0 aliphatic rings. The number of hydrogen-bond acceptors (Lipinski definition) is 5.